The number of ether oxygens (including phenoxy) is 3. The third kappa shape index (κ3) is 8.66. The van der Waals surface area contributed by atoms with Gasteiger partial charge in [-0.05, 0) is 103 Å². The van der Waals surface area contributed by atoms with E-state index in [9.17, 15) is 0 Å². The molecule has 0 saturated heterocycles. The first kappa shape index (κ1) is 24.8. The molecular weight excluding hydrogens is 458 g/mol. The first-order valence-electron chi connectivity index (χ1n) is 10.5. The van der Waals surface area contributed by atoms with Crippen LogP contribution in [0.25, 0.3) is 0 Å². The number of nitrogens with zero attached hydrogens (tertiary/aromatic N) is 1. The average molecular weight is 490 g/mol. The van der Waals surface area contributed by atoms with E-state index in [2.05, 4.69) is 34.9 Å². The van der Waals surface area contributed by atoms with E-state index < -0.39 is 0 Å². The van der Waals surface area contributed by atoms with E-state index in [1.54, 1.807) is 6.21 Å². The molecule has 0 bridgehead atoms. The zero-order valence-electron chi connectivity index (χ0n) is 18.8. The monoisotopic (exact) mass is 489 g/mol. The van der Waals surface area contributed by atoms with Crippen molar-refractivity contribution < 1.29 is 19.0 Å². The van der Waals surface area contributed by atoms with Gasteiger partial charge in [-0.3, -0.25) is 0 Å². The van der Waals surface area contributed by atoms with E-state index in [-0.39, 0.29) is 0 Å². The second kappa shape index (κ2) is 13.8. The highest BCUT2D eigenvalue weighted by Gasteiger charge is 2.07. The molecule has 0 unspecified atom stereocenters. The molecule has 31 heavy (non-hydrogen) atoms. The standard InChI is InChI=1S/C25H32BrNO4/c1-5-6-12-29-22-15-19(2)25(20(3)16-22)31-14-9-7-8-13-30-24-11-10-21(17-23(24)26)18-27-28-4/h5-6,10-11,15-18H,7-9,12-14H2,1-4H3/b6-5+,27-18+. The first-order valence-corrected chi connectivity index (χ1v) is 11.3. The van der Waals surface area contributed by atoms with Gasteiger partial charge in [0.05, 0.1) is 23.9 Å². The lowest BCUT2D eigenvalue weighted by Crippen LogP contribution is -2.03. The fraction of sp³-hybridized carbons (Fsp3) is 0.400. The molecule has 0 aliphatic rings. The zero-order chi connectivity index (χ0) is 22.5. The Morgan fingerprint density at radius 3 is 2.29 bits per heavy atom. The van der Waals surface area contributed by atoms with E-state index in [1.165, 1.54) is 7.11 Å². The molecule has 0 fully saturated rings. The van der Waals surface area contributed by atoms with E-state index >= 15 is 0 Å². The number of halogens is 1. The quantitative estimate of drug-likeness (QED) is 0.137. The summed E-state index contributed by atoms with van der Waals surface area (Å²) in [5.74, 6) is 2.66. The van der Waals surface area contributed by atoms with Crippen LogP contribution in [0.4, 0.5) is 0 Å². The van der Waals surface area contributed by atoms with Crippen LogP contribution in [0.1, 0.15) is 42.9 Å². The van der Waals surface area contributed by atoms with Crippen molar-refractivity contribution in [2.24, 2.45) is 5.16 Å². The van der Waals surface area contributed by atoms with Gasteiger partial charge < -0.3 is 19.0 Å². The summed E-state index contributed by atoms with van der Waals surface area (Å²) < 4.78 is 18.5. The molecule has 5 nitrogen and oxygen atoms in total. The highest BCUT2D eigenvalue weighted by Crippen LogP contribution is 2.29. The van der Waals surface area contributed by atoms with Crippen molar-refractivity contribution in [3.05, 3.63) is 63.6 Å². The number of allylic oxidation sites excluding steroid dienone is 1. The Bertz CT molecular complexity index is 857. The van der Waals surface area contributed by atoms with Gasteiger partial charge in [0.1, 0.15) is 31.0 Å². The molecule has 0 spiro atoms. The molecule has 6 heteroatoms. The number of rotatable bonds is 13. The Balaban J connectivity index is 1.69. The fourth-order valence-corrected chi connectivity index (χ4v) is 3.54. The third-order valence-electron chi connectivity index (χ3n) is 4.57. The Hall–Kier alpha value is -2.47. The van der Waals surface area contributed by atoms with Gasteiger partial charge in [-0.15, -0.1) is 0 Å². The molecule has 0 saturated carbocycles. The predicted molar refractivity (Wildman–Crippen MR) is 130 cm³/mol. The summed E-state index contributed by atoms with van der Waals surface area (Å²) in [5.41, 5.74) is 3.14. The SMILES string of the molecule is C/C=C/COc1cc(C)c(OCCCCCOc2ccc(/C=N/OC)cc2Br)c(C)c1. The smallest absolute Gasteiger partial charge is 0.133 e. The summed E-state index contributed by atoms with van der Waals surface area (Å²) in [5, 5.41) is 3.76. The van der Waals surface area contributed by atoms with Gasteiger partial charge in [-0.1, -0.05) is 17.3 Å². The summed E-state index contributed by atoms with van der Waals surface area (Å²) in [6.45, 7) is 8.05. The number of oxime groups is 1. The minimum atomic E-state index is 0.584. The summed E-state index contributed by atoms with van der Waals surface area (Å²) in [7, 11) is 1.52. The molecule has 168 valence electrons. The Labute approximate surface area is 194 Å². The Kier molecular flexibility index (Phi) is 11.0. The summed E-state index contributed by atoms with van der Waals surface area (Å²) in [6.07, 6.45) is 8.62. The molecule has 0 aliphatic heterocycles. The molecule has 0 aromatic heterocycles. The molecular formula is C25H32BrNO4. The Morgan fingerprint density at radius 2 is 1.65 bits per heavy atom. The maximum atomic E-state index is 6.04. The number of benzene rings is 2. The lowest BCUT2D eigenvalue weighted by Gasteiger charge is -2.14. The van der Waals surface area contributed by atoms with E-state index in [1.807, 2.05) is 49.4 Å². The number of aryl methyl sites for hydroxylation is 2. The van der Waals surface area contributed by atoms with Gasteiger partial charge in [-0.25, -0.2) is 0 Å². The Morgan fingerprint density at radius 1 is 0.935 bits per heavy atom. The molecule has 2 aromatic carbocycles. The maximum absolute atomic E-state index is 6.04. The minimum absolute atomic E-state index is 0.584. The highest BCUT2D eigenvalue weighted by molar-refractivity contribution is 9.10. The van der Waals surface area contributed by atoms with Crippen LogP contribution in [-0.4, -0.2) is 33.1 Å². The first-order chi connectivity index (χ1) is 15.0. The van der Waals surface area contributed by atoms with Crippen molar-refractivity contribution in [3.8, 4) is 17.2 Å². The summed E-state index contributed by atoms with van der Waals surface area (Å²) in [6, 6.07) is 9.89. The largest absolute Gasteiger partial charge is 0.493 e. The highest BCUT2D eigenvalue weighted by atomic mass is 79.9. The van der Waals surface area contributed by atoms with Gasteiger partial charge in [0.2, 0.25) is 0 Å². The van der Waals surface area contributed by atoms with E-state index in [0.29, 0.717) is 19.8 Å². The van der Waals surface area contributed by atoms with Crippen molar-refractivity contribution in [1.82, 2.24) is 0 Å². The van der Waals surface area contributed by atoms with E-state index in [4.69, 9.17) is 19.0 Å². The second-order valence-electron chi connectivity index (χ2n) is 7.13. The van der Waals surface area contributed by atoms with Gasteiger partial charge in [0.15, 0.2) is 0 Å². The lowest BCUT2D eigenvalue weighted by molar-refractivity contribution is 0.215. The minimum Gasteiger partial charge on any atom is -0.493 e. The fourth-order valence-electron chi connectivity index (χ4n) is 3.03. The van der Waals surface area contributed by atoms with Gasteiger partial charge >= 0.3 is 0 Å². The van der Waals surface area contributed by atoms with Crippen LogP contribution in [0, 0.1) is 13.8 Å². The van der Waals surface area contributed by atoms with E-state index in [0.717, 1.165) is 57.7 Å². The zero-order valence-corrected chi connectivity index (χ0v) is 20.4. The molecule has 0 heterocycles. The van der Waals surface area contributed by atoms with Crippen LogP contribution in [0.15, 0.2) is 52.1 Å². The van der Waals surface area contributed by atoms with Gasteiger partial charge in [-0.2, -0.15) is 0 Å². The summed E-state index contributed by atoms with van der Waals surface area (Å²) in [4.78, 5) is 4.70. The molecule has 0 aliphatic carbocycles. The number of hydrogen-bond acceptors (Lipinski definition) is 5. The van der Waals surface area contributed by atoms with Crippen LogP contribution in [-0.2, 0) is 4.84 Å². The van der Waals surface area contributed by atoms with Crippen LogP contribution in [0.5, 0.6) is 17.2 Å². The molecule has 0 amide bonds. The van der Waals surface area contributed by atoms with Gasteiger partial charge in [0, 0.05) is 0 Å². The molecule has 0 N–H and O–H groups in total. The van der Waals surface area contributed by atoms with Crippen molar-refractivity contribution in [2.75, 3.05) is 26.9 Å². The third-order valence-corrected chi connectivity index (χ3v) is 5.19. The average Bonchev–Trinajstić information content (AvgIpc) is 2.74. The van der Waals surface area contributed by atoms with Crippen molar-refractivity contribution >= 4 is 22.1 Å². The lowest BCUT2D eigenvalue weighted by atomic mass is 10.1. The van der Waals surface area contributed by atoms with Crippen LogP contribution >= 0.6 is 15.9 Å². The van der Waals surface area contributed by atoms with Crippen molar-refractivity contribution in [2.45, 2.75) is 40.0 Å². The van der Waals surface area contributed by atoms with Gasteiger partial charge in [0.25, 0.3) is 0 Å². The molecule has 2 aromatic rings. The van der Waals surface area contributed by atoms with Crippen LogP contribution in [0.2, 0.25) is 0 Å². The second-order valence-corrected chi connectivity index (χ2v) is 7.99. The molecule has 0 atom stereocenters. The number of unbranched alkanes of at least 4 members (excludes halogenated alkanes) is 2. The maximum Gasteiger partial charge on any atom is 0.133 e. The van der Waals surface area contributed by atoms with Crippen LogP contribution < -0.4 is 14.2 Å². The summed E-state index contributed by atoms with van der Waals surface area (Å²) >= 11 is 3.54. The molecule has 2 rings (SSSR count). The topological polar surface area (TPSA) is 49.3 Å². The van der Waals surface area contributed by atoms with Crippen LogP contribution in [0.3, 0.4) is 0 Å². The normalized spacial score (nSPS) is 11.3. The predicted octanol–water partition coefficient (Wildman–Crippen LogP) is 6.63. The number of hydrogen-bond donors (Lipinski definition) is 0. The van der Waals surface area contributed by atoms with Crippen molar-refractivity contribution in [3.63, 3.8) is 0 Å². The molecule has 0 radical (unpaired) electrons. The van der Waals surface area contributed by atoms with Crippen molar-refractivity contribution in [1.29, 1.82) is 0 Å².